The third-order valence-electron chi connectivity index (χ3n) is 2.24. The fourth-order valence-electron chi connectivity index (χ4n) is 1.50. The zero-order valence-corrected chi connectivity index (χ0v) is 9.62. The van der Waals surface area contributed by atoms with Gasteiger partial charge in [0.05, 0.1) is 11.5 Å². The van der Waals surface area contributed by atoms with Crippen LogP contribution < -0.4 is 5.01 Å². The number of anilines is 1. The minimum absolute atomic E-state index is 0.0208. The number of hydrogen-bond donors (Lipinski definition) is 0. The number of hydrazine groups is 1. The van der Waals surface area contributed by atoms with Gasteiger partial charge in [0.1, 0.15) is 0 Å². The van der Waals surface area contributed by atoms with Crippen molar-refractivity contribution in [3.8, 4) is 0 Å². The van der Waals surface area contributed by atoms with Gasteiger partial charge in [-0.2, -0.15) is 0 Å². The summed E-state index contributed by atoms with van der Waals surface area (Å²) < 4.78 is 0. The molecule has 0 amide bonds. The molecule has 17 heavy (non-hydrogen) atoms. The van der Waals surface area contributed by atoms with E-state index in [1.54, 1.807) is 19.9 Å². The number of nitro groups is 2. The first-order valence-electron chi connectivity index (χ1n) is 5.14. The van der Waals surface area contributed by atoms with Gasteiger partial charge in [0.25, 0.3) is 5.69 Å². The van der Waals surface area contributed by atoms with Crippen LogP contribution in [0.15, 0.2) is 18.2 Å². The van der Waals surface area contributed by atoms with Crippen LogP contribution in [0.5, 0.6) is 0 Å². The highest BCUT2D eigenvalue weighted by molar-refractivity contribution is 5.62. The van der Waals surface area contributed by atoms with Crippen LogP contribution >= 0.6 is 0 Å². The lowest BCUT2D eigenvalue weighted by Gasteiger charge is -2.13. The van der Waals surface area contributed by atoms with E-state index in [0.717, 1.165) is 5.01 Å². The van der Waals surface area contributed by atoms with E-state index in [2.05, 4.69) is 0 Å². The van der Waals surface area contributed by atoms with Crippen molar-refractivity contribution in [2.75, 3.05) is 11.6 Å². The topological polar surface area (TPSA) is 89.5 Å². The second-order valence-electron chi connectivity index (χ2n) is 3.61. The highest BCUT2D eigenvalue weighted by atomic mass is 16.7. The quantitative estimate of drug-likeness (QED) is 0.581. The number of hydrogen-bond acceptors (Lipinski definition) is 4. The van der Waals surface area contributed by atoms with E-state index in [4.69, 9.17) is 0 Å². The fraction of sp³-hybridized carbons (Fsp3) is 0.400. The van der Waals surface area contributed by atoms with Gasteiger partial charge in [0.2, 0.25) is 0 Å². The minimum atomic E-state index is -0.624. The van der Waals surface area contributed by atoms with Crippen molar-refractivity contribution in [2.24, 2.45) is 0 Å². The molecule has 0 bridgehead atoms. The SMILES string of the molecule is CCCN(c1ccc(C)cc1[N+](=O)[O-])[N+](=O)[O-]. The highest BCUT2D eigenvalue weighted by Crippen LogP contribution is 2.29. The first-order valence-corrected chi connectivity index (χ1v) is 5.14. The monoisotopic (exact) mass is 239 g/mol. The molecule has 0 aliphatic carbocycles. The number of nitro benzene ring substituents is 1. The van der Waals surface area contributed by atoms with E-state index in [1.807, 2.05) is 0 Å². The summed E-state index contributed by atoms with van der Waals surface area (Å²) in [5.74, 6) is 0. The second-order valence-corrected chi connectivity index (χ2v) is 3.61. The number of aryl methyl sites for hydroxylation is 1. The van der Waals surface area contributed by atoms with Gasteiger partial charge >= 0.3 is 0 Å². The van der Waals surface area contributed by atoms with Crippen LogP contribution in [-0.4, -0.2) is 16.5 Å². The van der Waals surface area contributed by atoms with E-state index in [0.29, 0.717) is 12.0 Å². The average molecular weight is 239 g/mol. The van der Waals surface area contributed by atoms with E-state index < -0.39 is 9.96 Å². The molecule has 0 spiro atoms. The Hall–Kier alpha value is -2.18. The van der Waals surface area contributed by atoms with E-state index in [9.17, 15) is 20.2 Å². The zero-order valence-electron chi connectivity index (χ0n) is 9.62. The fourth-order valence-corrected chi connectivity index (χ4v) is 1.50. The maximum atomic E-state index is 10.9. The van der Waals surface area contributed by atoms with Crippen molar-refractivity contribution >= 4 is 11.4 Å². The van der Waals surface area contributed by atoms with Gasteiger partial charge in [-0.15, -0.1) is 0 Å². The molecule has 0 aromatic heterocycles. The van der Waals surface area contributed by atoms with Crippen molar-refractivity contribution in [3.63, 3.8) is 0 Å². The minimum Gasteiger partial charge on any atom is -0.258 e. The van der Waals surface area contributed by atoms with Crippen molar-refractivity contribution in [1.82, 2.24) is 0 Å². The van der Waals surface area contributed by atoms with Crippen molar-refractivity contribution < 1.29 is 9.96 Å². The Labute approximate surface area is 97.9 Å². The molecule has 0 radical (unpaired) electrons. The number of rotatable bonds is 5. The lowest BCUT2D eigenvalue weighted by Crippen LogP contribution is -2.31. The van der Waals surface area contributed by atoms with Gasteiger partial charge < -0.3 is 0 Å². The van der Waals surface area contributed by atoms with E-state index in [1.165, 1.54) is 12.1 Å². The molecule has 0 unspecified atom stereocenters. The summed E-state index contributed by atoms with van der Waals surface area (Å²) in [6.45, 7) is 3.61. The van der Waals surface area contributed by atoms with Crippen LogP contribution in [0.1, 0.15) is 18.9 Å². The van der Waals surface area contributed by atoms with E-state index in [-0.39, 0.29) is 17.9 Å². The van der Waals surface area contributed by atoms with Crippen LogP contribution in [0.25, 0.3) is 0 Å². The molecule has 0 N–H and O–H groups in total. The van der Waals surface area contributed by atoms with Gasteiger partial charge in [0.15, 0.2) is 10.7 Å². The standard InChI is InChI=1S/C10H13N3O4/c1-3-6-11(13(16)17)9-5-4-8(2)7-10(9)12(14)15/h4-5,7H,3,6H2,1-2H3. The maximum absolute atomic E-state index is 10.9. The second kappa shape index (κ2) is 5.24. The first-order chi connectivity index (χ1) is 7.97. The normalized spacial score (nSPS) is 10.0. The Morgan fingerprint density at radius 2 is 1.94 bits per heavy atom. The van der Waals surface area contributed by atoms with Gasteiger partial charge in [-0.3, -0.25) is 10.1 Å². The summed E-state index contributed by atoms with van der Waals surface area (Å²) in [4.78, 5) is 21.1. The molecule has 1 aromatic carbocycles. The molecular formula is C10H13N3O4. The molecule has 1 aromatic rings. The Morgan fingerprint density at radius 1 is 1.29 bits per heavy atom. The molecule has 0 aliphatic heterocycles. The van der Waals surface area contributed by atoms with Gasteiger partial charge in [0, 0.05) is 6.07 Å². The average Bonchev–Trinajstić information content (AvgIpc) is 2.26. The Morgan fingerprint density at radius 3 is 2.41 bits per heavy atom. The molecule has 0 atom stereocenters. The molecule has 1 rings (SSSR count). The third kappa shape index (κ3) is 2.90. The van der Waals surface area contributed by atoms with Crippen molar-refractivity contribution in [3.05, 3.63) is 44.0 Å². The Kier molecular flexibility index (Phi) is 3.97. The first kappa shape index (κ1) is 12.9. The molecular weight excluding hydrogens is 226 g/mol. The molecule has 7 nitrogen and oxygen atoms in total. The summed E-state index contributed by atoms with van der Waals surface area (Å²) in [6, 6.07) is 4.36. The van der Waals surface area contributed by atoms with Gasteiger partial charge in [-0.25, -0.2) is 10.1 Å². The Balaban J connectivity index is 3.27. The Bertz CT molecular complexity index is 447. The predicted molar refractivity (Wildman–Crippen MR) is 62.5 cm³/mol. The number of nitrogens with zero attached hydrogens (tertiary/aromatic N) is 3. The van der Waals surface area contributed by atoms with Gasteiger partial charge in [-0.1, -0.05) is 18.0 Å². The molecule has 92 valence electrons. The van der Waals surface area contributed by atoms with Crippen LogP contribution in [0.4, 0.5) is 11.4 Å². The van der Waals surface area contributed by atoms with Crippen LogP contribution in [-0.2, 0) is 0 Å². The van der Waals surface area contributed by atoms with Crippen molar-refractivity contribution in [1.29, 1.82) is 0 Å². The summed E-state index contributed by atoms with van der Waals surface area (Å²) >= 11 is 0. The van der Waals surface area contributed by atoms with Crippen LogP contribution in [0.2, 0.25) is 0 Å². The molecule has 0 saturated heterocycles. The lowest BCUT2D eigenvalue weighted by molar-refractivity contribution is -0.496. The molecule has 7 heteroatoms. The lowest BCUT2D eigenvalue weighted by atomic mass is 10.2. The predicted octanol–water partition coefficient (Wildman–Crippen LogP) is 2.31. The van der Waals surface area contributed by atoms with Gasteiger partial charge in [-0.05, 0) is 25.0 Å². The maximum Gasteiger partial charge on any atom is 0.298 e. The molecule has 0 saturated carbocycles. The molecule has 0 aliphatic rings. The molecule has 0 fully saturated rings. The van der Waals surface area contributed by atoms with Crippen LogP contribution in [0.3, 0.4) is 0 Å². The zero-order chi connectivity index (χ0) is 13.0. The van der Waals surface area contributed by atoms with Crippen LogP contribution in [0, 0.1) is 27.2 Å². The third-order valence-corrected chi connectivity index (χ3v) is 2.24. The largest absolute Gasteiger partial charge is 0.298 e. The number of benzene rings is 1. The summed E-state index contributed by atoms with van der Waals surface area (Å²) in [5, 5.41) is 21.9. The highest BCUT2D eigenvalue weighted by Gasteiger charge is 2.26. The molecule has 0 heterocycles. The summed E-state index contributed by atoms with van der Waals surface area (Å²) in [5.41, 5.74) is 0.475. The summed E-state index contributed by atoms with van der Waals surface area (Å²) in [6.07, 6.45) is 0.534. The van der Waals surface area contributed by atoms with Crippen molar-refractivity contribution in [2.45, 2.75) is 20.3 Å². The van der Waals surface area contributed by atoms with E-state index >= 15 is 0 Å². The smallest absolute Gasteiger partial charge is 0.258 e. The summed E-state index contributed by atoms with van der Waals surface area (Å²) in [7, 11) is 0.